The Labute approximate surface area is 124 Å². The summed E-state index contributed by atoms with van der Waals surface area (Å²) >= 11 is 0. The van der Waals surface area contributed by atoms with Crippen molar-refractivity contribution in [1.29, 1.82) is 0 Å². The number of carboxylic acids is 1. The number of hydrogen-bond acceptors (Lipinski definition) is 3. The molecule has 0 heterocycles. The van der Waals surface area contributed by atoms with Gasteiger partial charge in [-0.2, -0.15) is 0 Å². The summed E-state index contributed by atoms with van der Waals surface area (Å²) in [7, 11) is -0.950. The van der Waals surface area contributed by atoms with Crippen molar-refractivity contribution in [2.75, 3.05) is 18.1 Å². The minimum atomic E-state index is -1.37. The zero-order valence-corrected chi connectivity index (χ0v) is 12.5. The minimum Gasteiger partial charge on any atom is -0.478 e. The lowest BCUT2D eigenvalue weighted by Gasteiger charge is -2.10. The van der Waals surface area contributed by atoms with Crippen molar-refractivity contribution in [2.45, 2.75) is 18.6 Å². The molecule has 8 heteroatoms. The zero-order chi connectivity index (χ0) is 16.0. The fraction of sp³-hybridized carbons (Fsp3) is 0.385. The number of urea groups is 1. The van der Waals surface area contributed by atoms with Crippen LogP contribution in [0.15, 0.2) is 18.2 Å². The molecule has 1 rings (SSSR count). The fourth-order valence-corrected chi connectivity index (χ4v) is 1.95. The highest BCUT2D eigenvalue weighted by atomic mass is 32.2. The molecule has 2 amide bonds. The van der Waals surface area contributed by atoms with E-state index in [0.29, 0.717) is 13.0 Å². The van der Waals surface area contributed by atoms with E-state index in [4.69, 9.17) is 5.11 Å². The maximum Gasteiger partial charge on any atom is 0.338 e. The normalized spacial score (nSPS) is 13.3. The molecule has 21 heavy (non-hydrogen) atoms. The predicted octanol–water partition coefficient (Wildman–Crippen LogP) is 1.80. The molecule has 0 aliphatic rings. The lowest BCUT2D eigenvalue weighted by atomic mass is 10.2. The Morgan fingerprint density at radius 1 is 1.43 bits per heavy atom. The van der Waals surface area contributed by atoms with Crippen LogP contribution in [0.2, 0.25) is 0 Å². The molecule has 0 saturated heterocycles. The van der Waals surface area contributed by atoms with Gasteiger partial charge in [0.25, 0.3) is 0 Å². The van der Waals surface area contributed by atoms with Crippen LogP contribution in [0.25, 0.3) is 0 Å². The van der Waals surface area contributed by atoms with Gasteiger partial charge >= 0.3 is 12.0 Å². The van der Waals surface area contributed by atoms with Crippen molar-refractivity contribution >= 4 is 28.5 Å². The Hall–Kier alpha value is -1.96. The fourth-order valence-electron chi connectivity index (χ4n) is 1.50. The molecule has 0 spiro atoms. The topological polar surface area (TPSA) is 95.5 Å². The van der Waals surface area contributed by atoms with Crippen molar-refractivity contribution in [2.24, 2.45) is 0 Å². The van der Waals surface area contributed by atoms with Gasteiger partial charge in [-0.25, -0.2) is 14.0 Å². The third-order valence-corrected chi connectivity index (χ3v) is 4.23. The molecule has 116 valence electrons. The van der Waals surface area contributed by atoms with Gasteiger partial charge in [0, 0.05) is 34.5 Å². The van der Waals surface area contributed by atoms with Crippen LogP contribution in [-0.2, 0) is 10.8 Å². The Morgan fingerprint density at radius 2 is 2.10 bits per heavy atom. The molecule has 6 nitrogen and oxygen atoms in total. The van der Waals surface area contributed by atoms with Crippen molar-refractivity contribution < 1.29 is 23.3 Å². The van der Waals surface area contributed by atoms with Crippen LogP contribution in [0.4, 0.5) is 14.9 Å². The maximum atomic E-state index is 13.4. The van der Waals surface area contributed by atoms with Gasteiger partial charge in [-0.3, -0.25) is 4.21 Å². The second kappa shape index (κ2) is 7.72. The third-order valence-electron chi connectivity index (χ3n) is 2.86. The van der Waals surface area contributed by atoms with Crippen LogP contribution in [-0.4, -0.2) is 39.4 Å². The smallest absolute Gasteiger partial charge is 0.338 e. The first-order chi connectivity index (χ1) is 9.81. The van der Waals surface area contributed by atoms with Gasteiger partial charge in [0.05, 0.1) is 5.56 Å². The Balaban J connectivity index is 2.50. The maximum absolute atomic E-state index is 13.4. The summed E-state index contributed by atoms with van der Waals surface area (Å²) in [6.07, 6.45) is 2.15. The number of carbonyl (C=O) groups is 2. The summed E-state index contributed by atoms with van der Waals surface area (Å²) in [5.74, 6) is -2.29. The van der Waals surface area contributed by atoms with Gasteiger partial charge in [-0.15, -0.1) is 0 Å². The summed E-state index contributed by atoms with van der Waals surface area (Å²) in [5.41, 5.74) is -0.303. The highest BCUT2D eigenvalue weighted by Gasteiger charge is 2.12. The number of amides is 2. The number of halogens is 1. The van der Waals surface area contributed by atoms with Crippen molar-refractivity contribution in [3.8, 4) is 0 Å². The molecule has 0 fully saturated rings. The van der Waals surface area contributed by atoms with Crippen molar-refractivity contribution in [3.05, 3.63) is 29.6 Å². The monoisotopic (exact) mass is 316 g/mol. The van der Waals surface area contributed by atoms with Crippen molar-refractivity contribution in [1.82, 2.24) is 5.32 Å². The van der Waals surface area contributed by atoms with Gasteiger partial charge in [0.1, 0.15) is 5.82 Å². The molecule has 0 radical (unpaired) electrons. The summed E-state index contributed by atoms with van der Waals surface area (Å²) in [5, 5.41) is 13.6. The Kier molecular flexibility index (Phi) is 6.29. The zero-order valence-electron chi connectivity index (χ0n) is 11.7. The van der Waals surface area contributed by atoms with Crippen molar-refractivity contribution in [3.63, 3.8) is 0 Å². The second-order valence-corrected chi connectivity index (χ2v) is 6.28. The van der Waals surface area contributed by atoms with E-state index in [0.717, 1.165) is 12.1 Å². The van der Waals surface area contributed by atoms with Crippen LogP contribution >= 0.6 is 0 Å². The van der Waals surface area contributed by atoms with E-state index < -0.39 is 34.2 Å². The highest BCUT2D eigenvalue weighted by molar-refractivity contribution is 7.84. The highest BCUT2D eigenvalue weighted by Crippen LogP contribution is 2.14. The molecule has 0 aliphatic carbocycles. The summed E-state index contributed by atoms with van der Waals surface area (Å²) < 4.78 is 24.5. The van der Waals surface area contributed by atoms with E-state index in [2.05, 4.69) is 10.6 Å². The summed E-state index contributed by atoms with van der Waals surface area (Å²) in [6.45, 7) is 2.15. The Bertz CT molecular complexity index is 565. The van der Waals surface area contributed by atoms with Crippen LogP contribution < -0.4 is 10.6 Å². The molecule has 0 aliphatic heterocycles. The molecule has 0 bridgehead atoms. The number of carbonyl (C=O) groups excluding carboxylic acids is 1. The number of aromatic carboxylic acids is 1. The number of carboxylic acid groups (broad SMARTS) is 1. The first-order valence-electron chi connectivity index (χ1n) is 6.21. The van der Waals surface area contributed by atoms with E-state index >= 15 is 0 Å². The average molecular weight is 316 g/mol. The average Bonchev–Trinajstić information content (AvgIpc) is 2.37. The van der Waals surface area contributed by atoms with E-state index in [1.165, 1.54) is 6.07 Å². The van der Waals surface area contributed by atoms with Crippen LogP contribution in [0.3, 0.4) is 0 Å². The molecule has 1 aromatic rings. The largest absolute Gasteiger partial charge is 0.478 e. The van der Waals surface area contributed by atoms with Gasteiger partial charge in [-0.1, -0.05) is 6.92 Å². The van der Waals surface area contributed by atoms with Gasteiger partial charge < -0.3 is 15.7 Å². The van der Waals surface area contributed by atoms with Gasteiger partial charge in [0.2, 0.25) is 0 Å². The molecular weight excluding hydrogens is 299 g/mol. The number of benzene rings is 1. The molecular formula is C13H17FN2O4S. The first kappa shape index (κ1) is 17.1. The molecule has 1 aromatic carbocycles. The third kappa shape index (κ3) is 5.50. The van der Waals surface area contributed by atoms with Crippen LogP contribution in [0.5, 0.6) is 0 Å². The Morgan fingerprint density at radius 3 is 2.62 bits per heavy atom. The number of anilines is 1. The van der Waals surface area contributed by atoms with Gasteiger partial charge in [0.15, 0.2) is 0 Å². The van der Waals surface area contributed by atoms with Gasteiger partial charge in [-0.05, 0) is 24.6 Å². The molecule has 3 N–H and O–H groups in total. The number of rotatable bonds is 6. The quantitative estimate of drug-likeness (QED) is 0.746. The number of hydrogen-bond donors (Lipinski definition) is 3. The summed E-state index contributed by atoms with van der Waals surface area (Å²) in [6, 6.07) is 2.78. The van der Waals surface area contributed by atoms with E-state index in [1.54, 1.807) is 6.26 Å². The van der Waals surface area contributed by atoms with Crippen LogP contribution in [0, 0.1) is 5.82 Å². The first-order valence-corrected chi connectivity index (χ1v) is 7.83. The molecule has 0 aromatic heterocycles. The lowest BCUT2D eigenvalue weighted by molar-refractivity contribution is 0.0692. The van der Waals surface area contributed by atoms with E-state index in [1.807, 2.05) is 6.92 Å². The SMILES string of the molecule is CC(CCNC(=O)Nc1ccc(C(=O)O)c(F)c1)S(C)=O. The number of nitrogens with one attached hydrogen (secondary N) is 2. The molecule has 0 saturated carbocycles. The molecule has 2 atom stereocenters. The lowest BCUT2D eigenvalue weighted by Crippen LogP contribution is -2.31. The van der Waals surface area contributed by atoms with Crippen LogP contribution in [0.1, 0.15) is 23.7 Å². The predicted molar refractivity (Wildman–Crippen MR) is 78.5 cm³/mol. The minimum absolute atomic E-state index is 0.0300. The molecule has 2 unspecified atom stereocenters. The second-order valence-electron chi connectivity index (χ2n) is 4.48. The van der Waals surface area contributed by atoms with E-state index in [-0.39, 0.29) is 10.9 Å². The standard InChI is InChI=1S/C13H17FN2O4S/c1-8(21(2)20)5-6-15-13(19)16-9-3-4-10(12(17)18)11(14)7-9/h3-4,7-8H,5-6H2,1-2H3,(H,17,18)(H2,15,16,19). The van der Waals surface area contributed by atoms with E-state index in [9.17, 15) is 18.2 Å². The summed E-state index contributed by atoms with van der Waals surface area (Å²) in [4.78, 5) is 22.2.